The zero-order valence-corrected chi connectivity index (χ0v) is 32.2. The highest BCUT2D eigenvalue weighted by Gasteiger charge is 2.71. The molecule has 268 valence electrons. The number of amides is 2. The first-order chi connectivity index (χ1) is 21.1. The fraction of sp³-hybridized carbons (Fsp3) is 0.868. The Hall–Kier alpha value is -2.45. The Morgan fingerprint density at radius 3 is 1.38 bits per heavy atom. The zero-order chi connectivity index (χ0) is 36.4. The van der Waals surface area contributed by atoms with Gasteiger partial charge in [0, 0.05) is 49.6 Å². The van der Waals surface area contributed by atoms with Gasteiger partial charge in [0.15, 0.2) is 0 Å². The molecule has 0 bridgehead atoms. The largest absolute Gasteiger partial charge is 0.467 e. The van der Waals surface area contributed by atoms with Crippen LogP contribution >= 0.6 is 0 Å². The van der Waals surface area contributed by atoms with Crippen molar-refractivity contribution in [2.24, 2.45) is 62.6 Å². The van der Waals surface area contributed by atoms with E-state index >= 15 is 0 Å². The molecule has 2 aliphatic carbocycles. The molecule has 8 atom stereocenters. The van der Waals surface area contributed by atoms with Gasteiger partial charge in [0.2, 0.25) is 11.8 Å². The van der Waals surface area contributed by atoms with Crippen molar-refractivity contribution in [1.82, 2.24) is 9.80 Å². The van der Waals surface area contributed by atoms with E-state index in [1.165, 1.54) is 14.2 Å². The van der Waals surface area contributed by atoms with Crippen LogP contribution in [0.3, 0.4) is 0 Å². The van der Waals surface area contributed by atoms with Gasteiger partial charge in [0.25, 0.3) is 0 Å². The van der Waals surface area contributed by atoms with Gasteiger partial charge in [-0.2, -0.15) is 0 Å². The molecule has 0 aromatic heterocycles. The number of carbonyl (C=O) groups excluding carboxylic acids is 5. The Labute approximate surface area is 284 Å². The predicted molar refractivity (Wildman–Crippen MR) is 182 cm³/mol. The molecular formula is C38H64N2O7. The Morgan fingerprint density at radius 1 is 0.681 bits per heavy atom. The fourth-order valence-electron chi connectivity index (χ4n) is 8.28. The van der Waals surface area contributed by atoms with Crippen molar-refractivity contribution >= 4 is 29.5 Å². The van der Waals surface area contributed by atoms with E-state index in [9.17, 15) is 24.0 Å². The van der Waals surface area contributed by atoms with E-state index in [0.717, 1.165) is 0 Å². The highest BCUT2D eigenvalue weighted by Crippen LogP contribution is 2.66. The van der Waals surface area contributed by atoms with Crippen LogP contribution in [-0.2, 0) is 33.4 Å². The van der Waals surface area contributed by atoms with Crippen molar-refractivity contribution in [3.05, 3.63) is 0 Å². The average Bonchev–Trinajstić information content (AvgIpc) is 3.42. The summed E-state index contributed by atoms with van der Waals surface area (Å²) in [5, 5.41) is 0. The second kappa shape index (κ2) is 12.8. The molecule has 0 aromatic carbocycles. The van der Waals surface area contributed by atoms with Crippen LogP contribution in [0.25, 0.3) is 0 Å². The van der Waals surface area contributed by atoms with Crippen LogP contribution in [0, 0.1) is 62.6 Å². The first-order valence-electron chi connectivity index (χ1n) is 17.4. The van der Waals surface area contributed by atoms with Gasteiger partial charge in [-0.1, -0.05) is 96.9 Å². The van der Waals surface area contributed by atoms with E-state index in [-0.39, 0.29) is 80.8 Å². The smallest absolute Gasteiger partial charge is 0.328 e. The maximum Gasteiger partial charge on any atom is 0.328 e. The molecule has 0 radical (unpaired) electrons. The number of fused-ring (bicyclic) bond motifs is 2. The van der Waals surface area contributed by atoms with Crippen molar-refractivity contribution in [1.29, 1.82) is 0 Å². The predicted octanol–water partition coefficient (Wildman–Crippen LogP) is 6.02. The number of piperidine rings is 2. The van der Waals surface area contributed by atoms with E-state index in [1.54, 1.807) is 9.80 Å². The monoisotopic (exact) mass is 660 g/mol. The summed E-state index contributed by atoms with van der Waals surface area (Å²) >= 11 is 0. The summed E-state index contributed by atoms with van der Waals surface area (Å²) in [7, 11) is 2.78. The summed E-state index contributed by atoms with van der Waals surface area (Å²) in [6.45, 7) is 30.1. The number of esters is 2. The second-order valence-electron chi connectivity index (χ2n) is 19.3. The van der Waals surface area contributed by atoms with Crippen LogP contribution in [-0.4, -0.2) is 78.7 Å². The van der Waals surface area contributed by atoms with Crippen LogP contribution in [0.2, 0.25) is 0 Å². The van der Waals surface area contributed by atoms with Gasteiger partial charge in [-0.15, -0.1) is 0 Å². The first-order valence-corrected chi connectivity index (χ1v) is 17.4. The fourth-order valence-corrected chi connectivity index (χ4v) is 8.28. The first kappa shape index (κ1) is 39.0. The minimum atomic E-state index is -0.523. The molecule has 9 nitrogen and oxygen atoms in total. The quantitative estimate of drug-likeness (QED) is 0.307. The van der Waals surface area contributed by atoms with Gasteiger partial charge in [0.1, 0.15) is 17.9 Å². The molecule has 2 saturated carbocycles. The number of ketones is 1. The number of likely N-dealkylation sites (tertiary alicyclic amines) is 2. The molecule has 4 rings (SSSR count). The number of methoxy groups -OCH3 is 2. The highest BCUT2D eigenvalue weighted by molar-refractivity contribution is 5.91. The summed E-state index contributed by atoms with van der Waals surface area (Å²) in [6.07, 6.45) is 0.675. The van der Waals surface area contributed by atoms with E-state index in [2.05, 4.69) is 48.5 Å². The van der Waals surface area contributed by atoms with E-state index in [4.69, 9.17) is 9.47 Å². The Morgan fingerprint density at radius 2 is 1.06 bits per heavy atom. The number of rotatable bonds is 7. The number of ether oxygens (including phenoxy) is 2. The van der Waals surface area contributed by atoms with Gasteiger partial charge in [-0.25, -0.2) is 9.59 Å². The maximum absolute atomic E-state index is 13.5. The Bertz CT molecular complexity index is 1250. The lowest BCUT2D eigenvalue weighted by atomic mass is 9.75. The summed E-state index contributed by atoms with van der Waals surface area (Å²) in [5.41, 5.74) is -0.334. The summed E-state index contributed by atoms with van der Waals surface area (Å²) in [6, 6.07) is -0.914. The van der Waals surface area contributed by atoms with Crippen molar-refractivity contribution < 1.29 is 33.4 Å². The summed E-state index contributed by atoms with van der Waals surface area (Å²) in [4.78, 5) is 66.8. The number of hydrogen-bond acceptors (Lipinski definition) is 7. The van der Waals surface area contributed by atoms with Gasteiger partial charge >= 0.3 is 11.9 Å². The molecule has 2 heterocycles. The zero-order valence-electron chi connectivity index (χ0n) is 32.2. The Kier molecular flexibility index (Phi) is 10.6. The van der Waals surface area contributed by atoms with Crippen LogP contribution in [0.1, 0.15) is 110 Å². The lowest BCUT2D eigenvalue weighted by Crippen LogP contribution is -2.50. The lowest BCUT2D eigenvalue weighted by Gasteiger charge is -2.37. The van der Waals surface area contributed by atoms with Crippen molar-refractivity contribution in [2.45, 2.75) is 122 Å². The number of hydrogen-bond donors (Lipinski definition) is 0. The molecule has 2 saturated heterocycles. The molecule has 4 aliphatic rings. The minimum absolute atomic E-state index is 0.0644. The van der Waals surface area contributed by atoms with Crippen molar-refractivity contribution in [2.75, 3.05) is 27.3 Å². The molecule has 2 aliphatic heterocycles. The number of nitrogens with zero attached hydrogens (tertiary/aromatic N) is 2. The molecule has 47 heavy (non-hydrogen) atoms. The van der Waals surface area contributed by atoms with Crippen LogP contribution < -0.4 is 0 Å². The van der Waals surface area contributed by atoms with Gasteiger partial charge in [0.05, 0.1) is 14.2 Å². The third kappa shape index (κ3) is 7.74. The minimum Gasteiger partial charge on any atom is -0.467 e. The maximum atomic E-state index is 13.5. The standard InChI is InChI=1S/C22H37NO4.C16H27NO3/c1-20(2,3)11-13(24)10-14(21(4,5)6)18(25)23-12-15-16(22(15,7)8)17(23)19(26)27-9;1-9(15(2,3)4)13(18)17-8-10-11(16(10,5)6)12(17)14(19)20-7/h14-17H,10-12H2,1-9H3;9-12H,8H2,1-7H3/t14-,15+,16+,17+;9-,10+,11+,12+/m11/s1. The third-order valence-electron chi connectivity index (χ3n) is 12.0. The lowest BCUT2D eigenvalue weighted by molar-refractivity contribution is -0.156. The topological polar surface area (TPSA) is 110 Å². The van der Waals surface area contributed by atoms with Crippen molar-refractivity contribution in [3.63, 3.8) is 0 Å². The molecule has 2 amide bonds. The third-order valence-corrected chi connectivity index (χ3v) is 12.0. The Balaban J connectivity index is 0.000000267. The van der Waals surface area contributed by atoms with E-state index in [1.807, 2.05) is 48.5 Å². The van der Waals surface area contributed by atoms with Gasteiger partial charge < -0.3 is 19.3 Å². The van der Waals surface area contributed by atoms with Gasteiger partial charge in [-0.05, 0) is 38.9 Å². The number of Topliss-reactive ketones (excluding diaryl/α,β-unsaturated/α-hetero) is 1. The average molecular weight is 661 g/mol. The number of carbonyl (C=O) groups is 5. The van der Waals surface area contributed by atoms with Crippen LogP contribution in [0.5, 0.6) is 0 Å². The van der Waals surface area contributed by atoms with Crippen LogP contribution in [0.4, 0.5) is 0 Å². The molecule has 0 spiro atoms. The van der Waals surface area contributed by atoms with E-state index in [0.29, 0.717) is 31.3 Å². The SMILES string of the molecule is COC(=O)[C@@H]1[C@@H]2[C@H](CN1C(=O)[C@@H](C)C(C)(C)C)C2(C)C.COC(=O)[C@@H]1[C@@H]2[C@H](CN1C(=O)[C@@H](CC(=O)CC(C)(C)C)C(C)(C)C)C2(C)C. The molecule has 4 fully saturated rings. The normalized spacial score (nSPS) is 29.8. The summed E-state index contributed by atoms with van der Waals surface area (Å²) < 4.78 is 9.96. The van der Waals surface area contributed by atoms with Crippen molar-refractivity contribution in [3.8, 4) is 0 Å². The molecular weight excluding hydrogens is 596 g/mol. The van der Waals surface area contributed by atoms with Crippen LogP contribution in [0.15, 0.2) is 0 Å². The molecule has 9 heteroatoms. The molecule has 0 unspecified atom stereocenters. The van der Waals surface area contributed by atoms with E-state index < -0.39 is 18.0 Å². The molecule has 0 aromatic rings. The summed E-state index contributed by atoms with van der Waals surface area (Å²) in [5.74, 6) is 0.141. The molecule has 0 N–H and O–H groups in total. The highest BCUT2D eigenvalue weighted by atomic mass is 16.5. The van der Waals surface area contributed by atoms with Gasteiger partial charge in [-0.3, -0.25) is 14.4 Å². The second-order valence-corrected chi connectivity index (χ2v) is 19.3.